The van der Waals surface area contributed by atoms with E-state index in [1.165, 1.54) is 19.3 Å². The molecule has 1 aliphatic heterocycles. The topological polar surface area (TPSA) is 9.23 Å². The minimum Gasteiger partial charge on any atom is -0.374 e. The van der Waals surface area contributed by atoms with Crippen molar-refractivity contribution in [1.29, 1.82) is 0 Å². The molecule has 1 saturated heterocycles. The molecule has 0 amide bonds. The summed E-state index contributed by atoms with van der Waals surface area (Å²) in [6.45, 7) is 9.08. The van der Waals surface area contributed by atoms with Gasteiger partial charge in [0.25, 0.3) is 0 Å². The number of ether oxygens (including phenoxy) is 1. The van der Waals surface area contributed by atoms with Gasteiger partial charge in [0.2, 0.25) is 0 Å². The molecule has 1 heteroatoms. The van der Waals surface area contributed by atoms with Gasteiger partial charge in [0, 0.05) is 0 Å². The van der Waals surface area contributed by atoms with Crippen molar-refractivity contribution >= 4 is 0 Å². The van der Waals surface area contributed by atoms with Crippen LogP contribution in [0.5, 0.6) is 0 Å². The molecule has 0 spiro atoms. The van der Waals surface area contributed by atoms with E-state index in [1.807, 2.05) is 0 Å². The van der Waals surface area contributed by atoms with Gasteiger partial charge in [-0.15, -0.1) is 0 Å². The Morgan fingerprint density at radius 3 is 1.75 bits per heavy atom. The predicted octanol–water partition coefficient (Wildman–Crippen LogP) is 3.24. The van der Waals surface area contributed by atoms with Crippen molar-refractivity contribution in [3.8, 4) is 0 Å². The van der Waals surface area contributed by atoms with Crippen LogP contribution in [0, 0.1) is 11.8 Å². The minimum atomic E-state index is 0.520. The fraction of sp³-hybridized carbons (Fsp3) is 1.00. The summed E-state index contributed by atoms with van der Waals surface area (Å²) >= 11 is 0. The Labute approximate surface area is 76.5 Å². The van der Waals surface area contributed by atoms with Crippen LogP contribution >= 0.6 is 0 Å². The Morgan fingerprint density at radius 1 is 1.00 bits per heavy atom. The molecule has 4 unspecified atom stereocenters. The first-order chi connectivity index (χ1) is 5.69. The Balaban J connectivity index is 2.50. The van der Waals surface area contributed by atoms with E-state index in [-0.39, 0.29) is 0 Å². The third-order valence-corrected chi connectivity index (χ3v) is 3.17. The number of rotatable bonds is 2. The van der Waals surface area contributed by atoms with E-state index in [0.29, 0.717) is 12.2 Å². The van der Waals surface area contributed by atoms with Crippen molar-refractivity contribution in [1.82, 2.24) is 0 Å². The zero-order valence-electron chi connectivity index (χ0n) is 8.84. The summed E-state index contributed by atoms with van der Waals surface area (Å²) < 4.78 is 6.01. The average Bonchev–Trinajstić information content (AvgIpc) is 2.05. The lowest BCUT2D eigenvalue weighted by molar-refractivity contribution is -0.108. The van der Waals surface area contributed by atoms with Gasteiger partial charge in [0.15, 0.2) is 0 Å². The first-order valence-electron chi connectivity index (χ1n) is 5.34. The Morgan fingerprint density at radius 2 is 1.42 bits per heavy atom. The van der Waals surface area contributed by atoms with Crippen molar-refractivity contribution in [3.63, 3.8) is 0 Å². The molecule has 1 fully saturated rings. The van der Waals surface area contributed by atoms with E-state index >= 15 is 0 Å². The normalized spacial score (nSPS) is 43.0. The monoisotopic (exact) mass is 170 g/mol. The maximum absolute atomic E-state index is 6.01. The van der Waals surface area contributed by atoms with Crippen molar-refractivity contribution in [3.05, 3.63) is 0 Å². The van der Waals surface area contributed by atoms with Crippen LogP contribution in [0.2, 0.25) is 0 Å². The zero-order chi connectivity index (χ0) is 9.14. The molecule has 0 N–H and O–H groups in total. The van der Waals surface area contributed by atoms with Crippen LogP contribution < -0.4 is 0 Å². The molecular weight excluding hydrogens is 148 g/mol. The Bertz CT molecular complexity index is 119. The van der Waals surface area contributed by atoms with Crippen LogP contribution in [0.15, 0.2) is 0 Å². The molecule has 0 bridgehead atoms. The van der Waals surface area contributed by atoms with Gasteiger partial charge in [-0.25, -0.2) is 0 Å². The van der Waals surface area contributed by atoms with Gasteiger partial charge in [-0.2, -0.15) is 0 Å². The molecule has 0 aliphatic carbocycles. The summed E-state index contributed by atoms with van der Waals surface area (Å²) in [5, 5.41) is 0. The fourth-order valence-corrected chi connectivity index (χ4v) is 2.38. The maximum atomic E-state index is 6.01. The highest BCUT2D eigenvalue weighted by Crippen LogP contribution is 2.32. The van der Waals surface area contributed by atoms with E-state index in [9.17, 15) is 0 Å². The highest BCUT2D eigenvalue weighted by Gasteiger charge is 2.30. The summed E-state index contributed by atoms with van der Waals surface area (Å²) in [6, 6.07) is 0. The standard InChI is InChI=1S/C11H22O/c1-5-10-8(3)7-9(4)11(6-2)12-10/h8-11H,5-7H2,1-4H3. The van der Waals surface area contributed by atoms with E-state index in [2.05, 4.69) is 27.7 Å². The largest absolute Gasteiger partial charge is 0.374 e. The highest BCUT2D eigenvalue weighted by atomic mass is 16.5. The Kier molecular flexibility index (Phi) is 3.57. The molecule has 12 heavy (non-hydrogen) atoms. The molecule has 0 aromatic carbocycles. The Hall–Kier alpha value is -0.0400. The number of hydrogen-bond acceptors (Lipinski definition) is 1. The SMILES string of the molecule is CCC1OC(CC)C(C)CC1C. The molecule has 1 nitrogen and oxygen atoms in total. The first kappa shape index (κ1) is 10.0. The van der Waals surface area contributed by atoms with Gasteiger partial charge in [0.05, 0.1) is 12.2 Å². The summed E-state index contributed by atoms with van der Waals surface area (Å²) in [5.74, 6) is 1.51. The summed E-state index contributed by atoms with van der Waals surface area (Å²) in [4.78, 5) is 0. The minimum absolute atomic E-state index is 0.520. The summed E-state index contributed by atoms with van der Waals surface area (Å²) in [7, 11) is 0. The molecule has 1 aliphatic rings. The van der Waals surface area contributed by atoms with Crippen LogP contribution in [0.4, 0.5) is 0 Å². The third kappa shape index (κ3) is 2.01. The maximum Gasteiger partial charge on any atom is 0.0602 e. The highest BCUT2D eigenvalue weighted by molar-refractivity contribution is 4.79. The second kappa shape index (κ2) is 4.27. The van der Waals surface area contributed by atoms with Crippen molar-refractivity contribution in [2.75, 3.05) is 0 Å². The first-order valence-corrected chi connectivity index (χ1v) is 5.34. The van der Waals surface area contributed by atoms with Crippen molar-refractivity contribution < 1.29 is 4.74 Å². The van der Waals surface area contributed by atoms with Gasteiger partial charge in [-0.05, 0) is 31.1 Å². The van der Waals surface area contributed by atoms with Crippen LogP contribution in [-0.2, 0) is 4.74 Å². The van der Waals surface area contributed by atoms with Crippen molar-refractivity contribution in [2.45, 2.75) is 59.2 Å². The van der Waals surface area contributed by atoms with E-state index in [4.69, 9.17) is 4.74 Å². The summed E-state index contributed by atoms with van der Waals surface area (Å²) in [6.07, 6.45) is 4.73. The quantitative estimate of drug-likeness (QED) is 0.618. The van der Waals surface area contributed by atoms with E-state index in [0.717, 1.165) is 11.8 Å². The van der Waals surface area contributed by atoms with Gasteiger partial charge < -0.3 is 4.74 Å². The lowest BCUT2D eigenvalue weighted by Gasteiger charge is -2.38. The number of hydrogen-bond donors (Lipinski definition) is 0. The molecule has 0 saturated carbocycles. The molecule has 0 aromatic rings. The molecule has 1 rings (SSSR count). The molecular formula is C11H22O. The lowest BCUT2D eigenvalue weighted by atomic mass is 9.84. The second-order valence-electron chi connectivity index (χ2n) is 4.22. The fourth-order valence-electron chi connectivity index (χ4n) is 2.38. The van der Waals surface area contributed by atoms with Crippen LogP contribution in [-0.4, -0.2) is 12.2 Å². The zero-order valence-corrected chi connectivity index (χ0v) is 8.84. The van der Waals surface area contributed by atoms with Crippen molar-refractivity contribution in [2.24, 2.45) is 11.8 Å². The van der Waals surface area contributed by atoms with E-state index < -0.39 is 0 Å². The van der Waals surface area contributed by atoms with Gasteiger partial charge in [0.1, 0.15) is 0 Å². The van der Waals surface area contributed by atoms with Gasteiger partial charge in [-0.3, -0.25) is 0 Å². The molecule has 4 atom stereocenters. The smallest absolute Gasteiger partial charge is 0.0602 e. The molecule has 1 heterocycles. The lowest BCUT2D eigenvalue weighted by Crippen LogP contribution is -2.38. The average molecular weight is 170 g/mol. The van der Waals surface area contributed by atoms with E-state index in [1.54, 1.807) is 0 Å². The van der Waals surface area contributed by atoms with Crippen LogP contribution in [0.25, 0.3) is 0 Å². The predicted molar refractivity (Wildman–Crippen MR) is 52.2 cm³/mol. The second-order valence-corrected chi connectivity index (χ2v) is 4.22. The molecule has 72 valence electrons. The van der Waals surface area contributed by atoms with Gasteiger partial charge >= 0.3 is 0 Å². The van der Waals surface area contributed by atoms with Gasteiger partial charge in [-0.1, -0.05) is 27.7 Å². The molecule has 0 aromatic heterocycles. The van der Waals surface area contributed by atoms with Crippen LogP contribution in [0.3, 0.4) is 0 Å². The van der Waals surface area contributed by atoms with Crippen LogP contribution in [0.1, 0.15) is 47.0 Å². The summed E-state index contributed by atoms with van der Waals surface area (Å²) in [5.41, 5.74) is 0. The third-order valence-electron chi connectivity index (χ3n) is 3.17. The molecule has 0 radical (unpaired) electrons.